The molecule has 0 radical (unpaired) electrons. The fourth-order valence-corrected chi connectivity index (χ4v) is 0.986. The Hall–Kier alpha value is -0.890. The smallest absolute Gasteiger partial charge is 0.198 e. The highest BCUT2D eigenvalue weighted by Crippen LogP contribution is 2.06. The summed E-state index contributed by atoms with van der Waals surface area (Å²) in [7, 11) is 0. The summed E-state index contributed by atoms with van der Waals surface area (Å²) in [5.74, 6) is -0.125. The van der Waals surface area contributed by atoms with Crippen molar-refractivity contribution < 1.29 is 4.79 Å². The fraction of sp³-hybridized carbons (Fsp3) is 0.333. The fourth-order valence-electron chi connectivity index (χ4n) is 0.875. The molecule has 0 aliphatic rings. The summed E-state index contributed by atoms with van der Waals surface area (Å²) in [5, 5.41) is -0.501. The normalized spacial score (nSPS) is 12.6. The van der Waals surface area contributed by atoms with Gasteiger partial charge in [0.15, 0.2) is 5.78 Å². The summed E-state index contributed by atoms with van der Waals surface area (Å²) in [6.45, 7) is 3.56. The molecule has 1 aromatic heterocycles. The number of pyridine rings is 1. The molecular weight excluding hydrogens is 174 g/mol. The van der Waals surface area contributed by atoms with Crippen LogP contribution >= 0.6 is 11.6 Å². The predicted octanol–water partition coefficient (Wildman–Crippen LogP) is 2.20. The lowest BCUT2D eigenvalue weighted by molar-refractivity contribution is 0.0987. The minimum Gasteiger partial charge on any atom is -0.291 e. The van der Waals surface area contributed by atoms with E-state index in [2.05, 4.69) is 4.98 Å². The first-order chi connectivity index (χ1) is 5.61. The van der Waals surface area contributed by atoms with Crippen LogP contribution in [0.25, 0.3) is 0 Å². The van der Waals surface area contributed by atoms with Gasteiger partial charge in [0, 0.05) is 6.20 Å². The second-order valence-electron chi connectivity index (χ2n) is 2.70. The number of carbonyl (C=O) groups is 1. The van der Waals surface area contributed by atoms with Crippen LogP contribution in [0.3, 0.4) is 0 Å². The quantitative estimate of drug-likeness (QED) is 0.520. The molecule has 0 spiro atoms. The Morgan fingerprint density at radius 1 is 1.67 bits per heavy atom. The molecule has 64 valence electrons. The van der Waals surface area contributed by atoms with E-state index in [0.29, 0.717) is 5.69 Å². The molecule has 0 amide bonds. The predicted molar refractivity (Wildman–Crippen MR) is 48.6 cm³/mol. The van der Waals surface area contributed by atoms with Gasteiger partial charge < -0.3 is 0 Å². The van der Waals surface area contributed by atoms with Crippen molar-refractivity contribution in [1.29, 1.82) is 0 Å². The van der Waals surface area contributed by atoms with Gasteiger partial charge in [-0.3, -0.25) is 9.78 Å². The Morgan fingerprint density at radius 2 is 2.33 bits per heavy atom. The average molecular weight is 184 g/mol. The Labute approximate surface area is 76.6 Å². The van der Waals surface area contributed by atoms with Crippen LogP contribution in [0.15, 0.2) is 18.3 Å². The molecule has 0 aliphatic carbocycles. The zero-order chi connectivity index (χ0) is 9.14. The van der Waals surface area contributed by atoms with Crippen molar-refractivity contribution in [3.05, 3.63) is 29.6 Å². The summed E-state index contributed by atoms with van der Waals surface area (Å²) >= 11 is 5.63. The molecular formula is C9H10ClNO. The highest BCUT2D eigenvalue weighted by molar-refractivity contribution is 6.33. The molecule has 0 saturated carbocycles. The van der Waals surface area contributed by atoms with Gasteiger partial charge in [-0.25, -0.2) is 0 Å². The van der Waals surface area contributed by atoms with Gasteiger partial charge in [-0.1, -0.05) is 0 Å². The molecule has 1 unspecified atom stereocenters. The number of hydrogen-bond donors (Lipinski definition) is 0. The topological polar surface area (TPSA) is 30.0 Å². The van der Waals surface area contributed by atoms with Crippen molar-refractivity contribution >= 4 is 17.4 Å². The van der Waals surface area contributed by atoms with Gasteiger partial charge in [-0.2, -0.15) is 0 Å². The average Bonchev–Trinajstić information content (AvgIpc) is 2.03. The maximum atomic E-state index is 11.3. The maximum absolute atomic E-state index is 11.3. The zero-order valence-corrected chi connectivity index (χ0v) is 7.80. The van der Waals surface area contributed by atoms with Gasteiger partial charge in [0.05, 0.1) is 5.38 Å². The number of halogens is 1. The monoisotopic (exact) mass is 183 g/mol. The van der Waals surface area contributed by atoms with Crippen molar-refractivity contribution in [1.82, 2.24) is 4.98 Å². The molecule has 0 saturated heterocycles. The zero-order valence-electron chi connectivity index (χ0n) is 7.04. The number of rotatable bonds is 2. The van der Waals surface area contributed by atoms with Crippen LogP contribution in [0.2, 0.25) is 0 Å². The lowest BCUT2D eigenvalue weighted by Crippen LogP contribution is -2.12. The van der Waals surface area contributed by atoms with Crippen LogP contribution in [0.1, 0.15) is 23.0 Å². The second kappa shape index (κ2) is 3.68. The highest BCUT2D eigenvalue weighted by Gasteiger charge is 2.12. The number of ketones is 1. The van der Waals surface area contributed by atoms with Crippen molar-refractivity contribution in [2.24, 2.45) is 0 Å². The number of nitrogens with zero attached hydrogens (tertiary/aromatic N) is 1. The summed E-state index contributed by atoms with van der Waals surface area (Å²) in [6.07, 6.45) is 1.61. The lowest BCUT2D eigenvalue weighted by Gasteiger charge is -2.01. The third kappa shape index (κ3) is 2.05. The molecule has 0 fully saturated rings. The first kappa shape index (κ1) is 9.20. The molecule has 3 heteroatoms. The van der Waals surface area contributed by atoms with E-state index in [1.807, 2.05) is 13.0 Å². The van der Waals surface area contributed by atoms with E-state index in [-0.39, 0.29) is 5.78 Å². The van der Waals surface area contributed by atoms with Crippen molar-refractivity contribution in [2.75, 3.05) is 0 Å². The van der Waals surface area contributed by atoms with Crippen LogP contribution in [0, 0.1) is 6.92 Å². The first-order valence-electron chi connectivity index (χ1n) is 3.72. The van der Waals surface area contributed by atoms with Crippen LogP contribution in [0.4, 0.5) is 0 Å². The summed E-state index contributed by atoms with van der Waals surface area (Å²) < 4.78 is 0. The third-order valence-electron chi connectivity index (χ3n) is 1.53. The van der Waals surface area contributed by atoms with E-state index >= 15 is 0 Å². The first-order valence-corrected chi connectivity index (χ1v) is 4.16. The molecule has 0 aromatic carbocycles. The molecule has 0 bridgehead atoms. The van der Waals surface area contributed by atoms with Crippen LogP contribution in [-0.4, -0.2) is 16.1 Å². The van der Waals surface area contributed by atoms with Crippen molar-refractivity contribution in [3.63, 3.8) is 0 Å². The standard InChI is InChI=1S/C9H10ClNO/c1-6-3-4-11-8(5-6)9(12)7(2)10/h3-5,7H,1-2H3. The summed E-state index contributed by atoms with van der Waals surface area (Å²) in [6, 6.07) is 3.58. The van der Waals surface area contributed by atoms with Crippen LogP contribution < -0.4 is 0 Å². The number of aromatic nitrogens is 1. The Bertz CT molecular complexity index is 296. The van der Waals surface area contributed by atoms with Crippen LogP contribution in [-0.2, 0) is 0 Å². The Kier molecular flexibility index (Phi) is 2.82. The second-order valence-corrected chi connectivity index (χ2v) is 3.35. The molecule has 1 atom stereocenters. The molecule has 1 aromatic rings. The molecule has 2 nitrogen and oxygen atoms in total. The summed E-state index contributed by atoms with van der Waals surface area (Å²) in [5.41, 5.74) is 1.46. The number of carbonyl (C=O) groups excluding carboxylic acids is 1. The highest BCUT2D eigenvalue weighted by atomic mass is 35.5. The van der Waals surface area contributed by atoms with Gasteiger partial charge in [-0.05, 0) is 31.5 Å². The summed E-state index contributed by atoms with van der Waals surface area (Å²) in [4.78, 5) is 15.2. The molecule has 0 aliphatic heterocycles. The SMILES string of the molecule is Cc1ccnc(C(=O)C(C)Cl)c1. The molecule has 1 heterocycles. The van der Waals surface area contributed by atoms with Gasteiger partial charge in [0.2, 0.25) is 0 Å². The Morgan fingerprint density at radius 3 is 2.83 bits per heavy atom. The van der Waals surface area contributed by atoms with E-state index in [0.717, 1.165) is 5.56 Å². The maximum Gasteiger partial charge on any atom is 0.198 e. The van der Waals surface area contributed by atoms with E-state index in [1.165, 1.54) is 0 Å². The van der Waals surface area contributed by atoms with E-state index in [9.17, 15) is 4.79 Å². The number of aryl methyl sites for hydroxylation is 1. The van der Waals surface area contributed by atoms with Crippen LogP contribution in [0.5, 0.6) is 0 Å². The Balaban J connectivity index is 2.96. The largest absolute Gasteiger partial charge is 0.291 e. The minimum atomic E-state index is -0.501. The molecule has 12 heavy (non-hydrogen) atoms. The van der Waals surface area contributed by atoms with Gasteiger partial charge in [0.25, 0.3) is 0 Å². The van der Waals surface area contributed by atoms with Gasteiger partial charge in [0.1, 0.15) is 5.69 Å². The molecule has 0 N–H and O–H groups in total. The third-order valence-corrected chi connectivity index (χ3v) is 1.73. The lowest BCUT2D eigenvalue weighted by atomic mass is 10.1. The minimum absolute atomic E-state index is 0.125. The van der Waals surface area contributed by atoms with Crippen molar-refractivity contribution in [2.45, 2.75) is 19.2 Å². The number of Topliss-reactive ketones (excluding diaryl/α,β-unsaturated/α-hetero) is 1. The molecule has 1 rings (SSSR count). The van der Waals surface area contributed by atoms with E-state index < -0.39 is 5.38 Å². The van der Waals surface area contributed by atoms with Crippen molar-refractivity contribution in [3.8, 4) is 0 Å². The number of alkyl halides is 1. The van der Waals surface area contributed by atoms with Gasteiger partial charge in [-0.15, -0.1) is 11.6 Å². The van der Waals surface area contributed by atoms with E-state index in [4.69, 9.17) is 11.6 Å². The van der Waals surface area contributed by atoms with E-state index in [1.54, 1.807) is 19.2 Å². The van der Waals surface area contributed by atoms with Gasteiger partial charge >= 0.3 is 0 Å². The number of hydrogen-bond acceptors (Lipinski definition) is 2.